The molecule has 0 unspecified atom stereocenters. The number of rotatable bonds is 7. The number of amides is 1. The first-order valence-corrected chi connectivity index (χ1v) is 11.8. The summed E-state index contributed by atoms with van der Waals surface area (Å²) in [5.74, 6) is -0.277. The molecule has 0 fully saturated rings. The summed E-state index contributed by atoms with van der Waals surface area (Å²) < 4.78 is 27.2. The van der Waals surface area contributed by atoms with Gasteiger partial charge < -0.3 is 4.90 Å². The van der Waals surface area contributed by atoms with Crippen molar-refractivity contribution in [1.82, 2.24) is 4.31 Å². The molecule has 158 valence electrons. The third kappa shape index (κ3) is 4.21. The van der Waals surface area contributed by atoms with Crippen molar-refractivity contribution in [2.24, 2.45) is 0 Å². The van der Waals surface area contributed by atoms with Gasteiger partial charge in [0.25, 0.3) is 5.91 Å². The predicted octanol–water partition coefficient (Wildman–Crippen LogP) is 5.19. The summed E-state index contributed by atoms with van der Waals surface area (Å²) in [5, 5.41) is 2.22. The topological polar surface area (TPSA) is 57.7 Å². The van der Waals surface area contributed by atoms with Crippen LogP contribution in [0.15, 0.2) is 65.6 Å². The van der Waals surface area contributed by atoms with Crippen LogP contribution >= 0.6 is 11.6 Å². The smallest absolute Gasteiger partial charge is 0.258 e. The summed E-state index contributed by atoms with van der Waals surface area (Å²) in [7, 11) is -3.78. The molecule has 0 aliphatic carbocycles. The molecule has 3 aromatic rings. The molecule has 0 radical (unpaired) electrons. The van der Waals surface area contributed by atoms with Gasteiger partial charge in [-0.15, -0.1) is 0 Å². The average Bonchev–Trinajstić information content (AvgIpc) is 2.75. The van der Waals surface area contributed by atoms with Crippen molar-refractivity contribution in [2.45, 2.75) is 25.7 Å². The van der Waals surface area contributed by atoms with E-state index in [1.54, 1.807) is 24.8 Å². The second-order valence-corrected chi connectivity index (χ2v) is 9.13. The molecule has 0 heterocycles. The minimum atomic E-state index is -3.78. The maximum absolute atomic E-state index is 13.3. The third-order valence-electron chi connectivity index (χ3n) is 5.11. The number of benzene rings is 3. The van der Waals surface area contributed by atoms with Crippen molar-refractivity contribution in [1.29, 1.82) is 0 Å². The third-order valence-corrected chi connectivity index (χ3v) is 7.64. The molecule has 0 N–H and O–H groups in total. The van der Waals surface area contributed by atoms with E-state index < -0.39 is 10.0 Å². The number of anilines is 1. The van der Waals surface area contributed by atoms with Crippen molar-refractivity contribution in [3.63, 3.8) is 0 Å². The lowest BCUT2D eigenvalue weighted by atomic mass is 10.1. The SMILES string of the molecule is CCN(C(=O)c1ccc(Cl)c(S(=O)(=O)N(CC)CC)c1)c1ccc2ccccc2c1. The molecular formula is C23H25ClN2O3S. The van der Waals surface area contributed by atoms with Crippen LogP contribution in [0.4, 0.5) is 5.69 Å². The number of hydrogen-bond acceptors (Lipinski definition) is 3. The average molecular weight is 445 g/mol. The van der Waals surface area contributed by atoms with Gasteiger partial charge in [0.05, 0.1) is 5.02 Å². The van der Waals surface area contributed by atoms with Crippen LogP contribution < -0.4 is 4.90 Å². The normalized spacial score (nSPS) is 11.8. The molecule has 0 aliphatic heterocycles. The highest BCUT2D eigenvalue weighted by Crippen LogP contribution is 2.28. The number of hydrogen-bond donors (Lipinski definition) is 0. The number of fused-ring (bicyclic) bond motifs is 1. The Morgan fingerprint density at radius 1 is 0.867 bits per heavy atom. The highest BCUT2D eigenvalue weighted by molar-refractivity contribution is 7.89. The minimum Gasteiger partial charge on any atom is -0.309 e. The van der Waals surface area contributed by atoms with Gasteiger partial charge >= 0.3 is 0 Å². The first kappa shape index (κ1) is 22.3. The van der Waals surface area contributed by atoms with Crippen molar-refractivity contribution in [2.75, 3.05) is 24.5 Å². The zero-order valence-electron chi connectivity index (χ0n) is 17.3. The highest BCUT2D eigenvalue weighted by Gasteiger charge is 2.26. The Bertz CT molecular complexity index is 1170. The van der Waals surface area contributed by atoms with Crippen LogP contribution in [0, 0.1) is 0 Å². The zero-order chi connectivity index (χ0) is 21.9. The molecule has 0 saturated heterocycles. The molecule has 1 amide bonds. The van der Waals surface area contributed by atoms with E-state index >= 15 is 0 Å². The van der Waals surface area contributed by atoms with E-state index in [1.807, 2.05) is 49.4 Å². The fraction of sp³-hybridized carbons (Fsp3) is 0.261. The van der Waals surface area contributed by atoms with Crippen LogP contribution in [0.3, 0.4) is 0 Å². The van der Waals surface area contributed by atoms with Gasteiger partial charge in [-0.3, -0.25) is 4.79 Å². The van der Waals surface area contributed by atoms with E-state index in [1.165, 1.54) is 16.4 Å². The highest BCUT2D eigenvalue weighted by atomic mass is 35.5. The Morgan fingerprint density at radius 3 is 2.17 bits per heavy atom. The molecule has 3 aromatic carbocycles. The molecule has 7 heteroatoms. The monoisotopic (exact) mass is 444 g/mol. The first-order chi connectivity index (χ1) is 14.3. The maximum atomic E-state index is 13.3. The number of nitrogens with zero attached hydrogens (tertiary/aromatic N) is 2. The molecule has 0 atom stereocenters. The molecule has 0 spiro atoms. The summed E-state index contributed by atoms with van der Waals surface area (Å²) in [6.45, 7) is 6.51. The van der Waals surface area contributed by atoms with E-state index in [0.717, 1.165) is 16.5 Å². The van der Waals surface area contributed by atoms with E-state index in [0.29, 0.717) is 19.6 Å². The molecule has 30 heavy (non-hydrogen) atoms. The maximum Gasteiger partial charge on any atom is 0.258 e. The minimum absolute atomic E-state index is 0.0479. The number of carbonyl (C=O) groups excluding carboxylic acids is 1. The van der Waals surface area contributed by atoms with Crippen LogP contribution in [0.5, 0.6) is 0 Å². The predicted molar refractivity (Wildman–Crippen MR) is 123 cm³/mol. The van der Waals surface area contributed by atoms with Crippen LogP contribution in [0.25, 0.3) is 10.8 Å². The first-order valence-electron chi connectivity index (χ1n) is 9.93. The second-order valence-electron chi connectivity index (χ2n) is 6.82. The lowest BCUT2D eigenvalue weighted by Gasteiger charge is -2.23. The number of sulfonamides is 1. The molecule has 0 aromatic heterocycles. The molecular weight excluding hydrogens is 420 g/mol. The van der Waals surface area contributed by atoms with Crippen LogP contribution in [-0.2, 0) is 10.0 Å². The van der Waals surface area contributed by atoms with Gasteiger partial charge in [-0.1, -0.05) is 55.8 Å². The quantitative estimate of drug-likeness (QED) is 0.503. The molecule has 5 nitrogen and oxygen atoms in total. The van der Waals surface area contributed by atoms with Crippen molar-refractivity contribution < 1.29 is 13.2 Å². The van der Waals surface area contributed by atoms with E-state index in [-0.39, 0.29) is 21.4 Å². The summed E-state index contributed by atoms with van der Waals surface area (Å²) in [6.07, 6.45) is 0. The van der Waals surface area contributed by atoms with E-state index in [9.17, 15) is 13.2 Å². The van der Waals surface area contributed by atoms with E-state index in [4.69, 9.17) is 11.6 Å². The van der Waals surface area contributed by atoms with Gasteiger partial charge in [0.2, 0.25) is 10.0 Å². The zero-order valence-corrected chi connectivity index (χ0v) is 18.9. The Kier molecular flexibility index (Phi) is 6.81. The Balaban J connectivity index is 2.02. The van der Waals surface area contributed by atoms with Gasteiger partial charge in [0.15, 0.2) is 0 Å². The largest absolute Gasteiger partial charge is 0.309 e. The summed E-state index contributed by atoms with van der Waals surface area (Å²) in [5.41, 5.74) is 1.03. The van der Waals surface area contributed by atoms with Crippen molar-refractivity contribution in [3.05, 3.63) is 71.2 Å². The van der Waals surface area contributed by atoms with E-state index in [2.05, 4.69) is 0 Å². The van der Waals surface area contributed by atoms with Crippen LogP contribution in [0.1, 0.15) is 31.1 Å². The fourth-order valence-electron chi connectivity index (χ4n) is 3.48. The van der Waals surface area contributed by atoms with Crippen molar-refractivity contribution in [3.8, 4) is 0 Å². The van der Waals surface area contributed by atoms with Gasteiger partial charge in [0.1, 0.15) is 4.90 Å². The molecule has 0 saturated carbocycles. The lowest BCUT2D eigenvalue weighted by molar-refractivity contribution is 0.0988. The second kappa shape index (κ2) is 9.16. The Hall–Kier alpha value is -2.41. The van der Waals surface area contributed by atoms with Gasteiger partial charge in [-0.2, -0.15) is 4.31 Å². The standard InChI is InChI=1S/C23H25ClN2O3S/c1-4-25(5-2)30(28,29)22-16-19(12-14-21(22)24)23(27)26(6-3)20-13-11-17-9-7-8-10-18(17)15-20/h7-16H,4-6H2,1-3H3. The fourth-order valence-corrected chi connectivity index (χ4v) is 5.44. The van der Waals surface area contributed by atoms with Crippen LogP contribution in [0.2, 0.25) is 5.02 Å². The Morgan fingerprint density at radius 2 is 1.53 bits per heavy atom. The van der Waals surface area contributed by atoms with Gasteiger partial charge in [-0.25, -0.2) is 8.42 Å². The molecule has 0 aliphatic rings. The van der Waals surface area contributed by atoms with Gasteiger partial charge in [-0.05, 0) is 48.0 Å². The van der Waals surface area contributed by atoms with Crippen molar-refractivity contribution >= 4 is 44.0 Å². The Labute approximate surface area is 182 Å². The summed E-state index contributed by atoms with van der Waals surface area (Å²) in [6, 6.07) is 18.2. The summed E-state index contributed by atoms with van der Waals surface area (Å²) >= 11 is 6.21. The molecule has 0 bridgehead atoms. The van der Waals surface area contributed by atoms with Crippen LogP contribution in [-0.4, -0.2) is 38.3 Å². The van der Waals surface area contributed by atoms with Gasteiger partial charge in [0, 0.05) is 30.9 Å². The molecule has 3 rings (SSSR count). The summed E-state index contributed by atoms with van der Waals surface area (Å²) in [4.78, 5) is 14.9. The number of halogens is 1. The number of carbonyl (C=O) groups is 1. The lowest BCUT2D eigenvalue weighted by Crippen LogP contribution is -2.32.